The van der Waals surface area contributed by atoms with Crippen LogP contribution >= 0.6 is 35.7 Å². The van der Waals surface area contributed by atoms with E-state index in [1.807, 2.05) is 18.7 Å². The van der Waals surface area contributed by atoms with E-state index >= 15 is 0 Å². The molecule has 2 rings (SSSR count). The summed E-state index contributed by atoms with van der Waals surface area (Å²) in [6.45, 7) is 7.66. The minimum atomic E-state index is -3.00. The molecule has 2 aliphatic heterocycles. The predicted molar refractivity (Wildman–Crippen MR) is 109 cm³/mol. The molecule has 0 amide bonds. The van der Waals surface area contributed by atoms with Gasteiger partial charge < -0.3 is 10.6 Å². The first-order valence-electron chi connectivity index (χ1n) is 8.09. The molecule has 0 saturated carbocycles. The van der Waals surface area contributed by atoms with E-state index in [-0.39, 0.29) is 34.5 Å². The Hall–Kier alpha value is 0.260. The molecule has 2 heterocycles. The fraction of sp³-hybridized carbons (Fsp3) is 0.929. The normalized spacial score (nSPS) is 27.7. The second-order valence-electron chi connectivity index (χ2n) is 6.09. The standard InChI is InChI=1S/C14H28N4O2S2.HI/c1-3-15-13(17-12-14(2)6-4-10-21-14)16-7-9-18-8-5-11-22(18,19)20;/h3-12H2,1-2H3,(H2,15,16,17);1H. The first-order valence-corrected chi connectivity index (χ1v) is 10.7. The Labute approximate surface area is 161 Å². The van der Waals surface area contributed by atoms with E-state index in [1.54, 1.807) is 4.31 Å². The van der Waals surface area contributed by atoms with Crippen molar-refractivity contribution in [1.82, 2.24) is 14.9 Å². The van der Waals surface area contributed by atoms with Gasteiger partial charge in [0.15, 0.2) is 5.96 Å². The SMILES string of the molecule is CCNC(=NCC1(C)CCCS1)NCCN1CCCS1(=O)=O.I. The van der Waals surface area contributed by atoms with Gasteiger partial charge >= 0.3 is 0 Å². The van der Waals surface area contributed by atoms with Crippen LogP contribution < -0.4 is 10.6 Å². The second-order valence-corrected chi connectivity index (χ2v) is 9.86. The molecular weight excluding hydrogens is 447 g/mol. The summed E-state index contributed by atoms with van der Waals surface area (Å²) in [4.78, 5) is 4.67. The summed E-state index contributed by atoms with van der Waals surface area (Å²) in [5.74, 6) is 2.30. The fourth-order valence-corrected chi connectivity index (χ4v) is 5.55. The summed E-state index contributed by atoms with van der Waals surface area (Å²) >= 11 is 2.00. The third kappa shape index (κ3) is 6.58. The van der Waals surface area contributed by atoms with Gasteiger partial charge in [-0.2, -0.15) is 11.8 Å². The number of aliphatic imine (C=N–C) groups is 1. The van der Waals surface area contributed by atoms with Crippen molar-refractivity contribution in [3.05, 3.63) is 0 Å². The minimum absolute atomic E-state index is 0. The van der Waals surface area contributed by atoms with E-state index in [9.17, 15) is 8.42 Å². The summed E-state index contributed by atoms with van der Waals surface area (Å²) < 4.78 is 25.3. The first kappa shape index (κ1) is 21.3. The van der Waals surface area contributed by atoms with Gasteiger partial charge in [-0.15, -0.1) is 24.0 Å². The highest BCUT2D eigenvalue weighted by Gasteiger charge is 2.29. The third-order valence-corrected chi connectivity index (χ3v) is 7.55. The lowest BCUT2D eigenvalue weighted by molar-refractivity contribution is 0.445. The molecule has 0 radical (unpaired) electrons. The van der Waals surface area contributed by atoms with Gasteiger partial charge in [0.1, 0.15) is 0 Å². The first-order chi connectivity index (χ1) is 10.5. The van der Waals surface area contributed by atoms with Crippen LogP contribution in [0.15, 0.2) is 4.99 Å². The van der Waals surface area contributed by atoms with Crippen molar-refractivity contribution in [3.8, 4) is 0 Å². The summed E-state index contributed by atoms with van der Waals surface area (Å²) in [6.07, 6.45) is 3.23. The highest BCUT2D eigenvalue weighted by atomic mass is 127. The zero-order valence-corrected chi connectivity index (χ0v) is 18.0. The lowest BCUT2D eigenvalue weighted by Gasteiger charge is -2.21. The maximum Gasteiger partial charge on any atom is 0.214 e. The molecule has 1 unspecified atom stereocenters. The van der Waals surface area contributed by atoms with Gasteiger partial charge in [0, 0.05) is 30.9 Å². The molecule has 0 aromatic rings. The topological polar surface area (TPSA) is 73.8 Å². The third-order valence-electron chi connectivity index (χ3n) is 4.07. The molecule has 1 atom stereocenters. The Morgan fingerprint density at radius 3 is 2.70 bits per heavy atom. The van der Waals surface area contributed by atoms with Crippen LogP contribution in [-0.4, -0.2) is 67.7 Å². The smallest absolute Gasteiger partial charge is 0.214 e. The van der Waals surface area contributed by atoms with Crippen molar-refractivity contribution < 1.29 is 8.42 Å². The van der Waals surface area contributed by atoms with Gasteiger partial charge in [0.2, 0.25) is 10.0 Å². The van der Waals surface area contributed by atoms with E-state index in [0.29, 0.717) is 19.6 Å². The number of sulfonamides is 1. The highest BCUT2D eigenvalue weighted by molar-refractivity contribution is 14.0. The van der Waals surface area contributed by atoms with Crippen molar-refractivity contribution in [2.75, 3.05) is 44.2 Å². The average molecular weight is 476 g/mol. The predicted octanol–water partition coefficient (Wildman–Crippen LogP) is 1.48. The van der Waals surface area contributed by atoms with E-state index in [2.05, 4.69) is 22.5 Å². The number of rotatable bonds is 6. The van der Waals surface area contributed by atoms with Gasteiger partial charge in [-0.1, -0.05) is 0 Å². The minimum Gasteiger partial charge on any atom is -0.357 e. The van der Waals surface area contributed by atoms with Crippen molar-refractivity contribution >= 4 is 51.7 Å². The van der Waals surface area contributed by atoms with Crippen molar-refractivity contribution in [1.29, 1.82) is 0 Å². The zero-order chi connectivity index (χ0) is 16.1. The highest BCUT2D eigenvalue weighted by Crippen LogP contribution is 2.37. The number of halogens is 1. The molecule has 0 aliphatic carbocycles. The Kier molecular flexibility index (Phi) is 8.95. The molecular formula is C14H29IN4O2S2. The number of thioether (sulfide) groups is 1. The molecule has 0 aromatic carbocycles. The number of hydrogen-bond acceptors (Lipinski definition) is 4. The van der Waals surface area contributed by atoms with E-state index in [0.717, 1.165) is 25.5 Å². The van der Waals surface area contributed by atoms with Gasteiger partial charge in [0.25, 0.3) is 0 Å². The summed E-state index contributed by atoms with van der Waals surface area (Å²) in [6, 6.07) is 0. The number of nitrogens with zero attached hydrogens (tertiary/aromatic N) is 2. The Bertz CT molecular complexity index is 493. The molecule has 136 valence electrons. The Morgan fingerprint density at radius 2 is 2.13 bits per heavy atom. The largest absolute Gasteiger partial charge is 0.357 e. The van der Waals surface area contributed by atoms with E-state index in [1.165, 1.54) is 18.6 Å². The van der Waals surface area contributed by atoms with Crippen LogP contribution in [0.3, 0.4) is 0 Å². The molecule has 23 heavy (non-hydrogen) atoms. The maximum atomic E-state index is 11.8. The molecule has 6 nitrogen and oxygen atoms in total. The van der Waals surface area contributed by atoms with Crippen LogP contribution in [0.25, 0.3) is 0 Å². The quantitative estimate of drug-likeness (QED) is 0.345. The monoisotopic (exact) mass is 476 g/mol. The number of hydrogen-bond donors (Lipinski definition) is 2. The van der Waals surface area contributed by atoms with Crippen LogP contribution in [-0.2, 0) is 10.0 Å². The molecule has 0 aromatic heterocycles. The molecule has 0 spiro atoms. The molecule has 2 aliphatic rings. The van der Waals surface area contributed by atoms with Crippen molar-refractivity contribution in [2.45, 2.75) is 37.9 Å². The fourth-order valence-electron chi connectivity index (χ4n) is 2.79. The van der Waals surface area contributed by atoms with E-state index < -0.39 is 10.0 Å². The molecule has 2 saturated heterocycles. The lowest BCUT2D eigenvalue weighted by atomic mass is 10.1. The second kappa shape index (κ2) is 9.67. The molecule has 9 heteroatoms. The van der Waals surface area contributed by atoms with Crippen LogP contribution in [0.2, 0.25) is 0 Å². The van der Waals surface area contributed by atoms with Crippen molar-refractivity contribution in [3.63, 3.8) is 0 Å². The van der Waals surface area contributed by atoms with Gasteiger partial charge in [-0.3, -0.25) is 4.99 Å². The van der Waals surface area contributed by atoms with Crippen LogP contribution in [0.4, 0.5) is 0 Å². The zero-order valence-electron chi connectivity index (χ0n) is 14.0. The molecule has 2 N–H and O–H groups in total. The van der Waals surface area contributed by atoms with Gasteiger partial charge in [-0.05, 0) is 38.9 Å². The maximum absolute atomic E-state index is 11.8. The summed E-state index contributed by atoms with van der Waals surface area (Å²) in [7, 11) is -3.00. The van der Waals surface area contributed by atoms with Crippen LogP contribution in [0, 0.1) is 0 Å². The number of nitrogens with one attached hydrogen (secondary N) is 2. The lowest BCUT2D eigenvalue weighted by Crippen LogP contribution is -2.42. The van der Waals surface area contributed by atoms with Crippen LogP contribution in [0.5, 0.6) is 0 Å². The average Bonchev–Trinajstić information content (AvgIpc) is 3.03. The number of guanidine groups is 1. The van der Waals surface area contributed by atoms with Gasteiger partial charge in [-0.25, -0.2) is 12.7 Å². The van der Waals surface area contributed by atoms with Crippen LogP contribution in [0.1, 0.15) is 33.1 Å². The summed E-state index contributed by atoms with van der Waals surface area (Å²) in [5.41, 5.74) is 0. The van der Waals surface area contributed by atoms with E-state index in [4.69, 9.17) is 0 Å². The van der Waals surface area contributed by atoms with Crippen molar-refractivity contribution in [2.24, 2.45) is 4.99 Å². The Balaban J connectivity index is 0.00000264. The summed E-state index contributed by atoms with van der Waals surface area (Å²) in [5, 5.41) is 6.48. The molecule has 2 fully saturated rings. The Morgan fingerprint density at radius 1 is 1.35 bits per heavy atom. The van der Waals surface area contributed by atoms with Gasteiger partial charge in [0.05, 0.1) is 12.3 Å². The molecule has 0 bridgehead atoms.